The molecule has 21 heavy (non-hydrogen) atoms. The van der Waals surface area contributed by atoms with Gasteiger partial charge in [-0.1, -0.05) is 27.7 Å². The van der Waals surface area contributed by atoms with Crippen molar-refractivity contribution in [1.29, 1.82) is 0 Å². The lowest BCUT2D eigenvalue weighted by Crippen LogP contribution is -2.31. The van der Waals surface area contributed by atoms with Gasteiger partial charge in [-0.3, -0.25) is 0 Å². The van der Waals surface area contributed by atoms with Crippen LogP contribution in [0.15, 0.2) is 0 Å². The summed E-state index contributed by atoms with van der Waals surface area (Å²) < 4.78 is 5.75. The molecule has 0 aliphatic rings. The number of ether oxygens (including phenoxy) is 1. The van der Waals surface area contributed by atoms with Gasteiger partial charge in [0, 0.05) is 24.5 Å². The minimum atomic E-state index is -0.357. The summed E-state index contributed by atoms with van der Waals surface area (Å²) in [5.74, 6) is 0.825. The summed E-state index contributed by atoms with van der Waals surface area (Å²) in [5.41, 5.74) is 3.05. The molecule has 0 atom stereocenters. The van der Waals surface area contributed by atoms with Crippen LogP contribution in [-0.4, -0.2) is 29.7 Å². The van der Waals surface area contributed by atoms with Gasteiger partial charge in [0.15, 0.2) is 5.82 Å². The second-order valence-corrected chi connectivity index (χ2v) is 5.96. The summed E-state index contributed by atoms with van der Waals surface area (Å²) in [6, 6.07) is 0.507. The smallest absolute Gasteiger partial charge is 0.160 e. The molecular formula is C17H31N3O. The third-order valence-corrected chi connectivity index (χ3v) is 4.29. The Kier molecular flexibility index (Phi) is 6.75. The summed E-state index contributed by atoms with van der Waals surface area (Å²) in [5, 5.41) is 3.45. The number of hydrogen-bond acceptors (Lipinski definition) is 4. The Morgan fingerprint density at radius 1 is 1.10 bits per heavy atom. The van der Waals surface area contributed by atoms with Crippen LogP contribution in [0.25, 0.3) is 0 Å². The number of aryl methyl sites for hydroxylation is 2. The summed E-state index contributed by atoms with van der Waals surface area (Å²) in [4.78, 5) is 9.51. The van der Waals surface area contributed by atoms with Gasteiger partial charge in [-0.05, 0) is 45.2 Å². The van der Waals surface area contributed by atoms with E-state index >= 15 is 0 Å². The Balaban J connectivity index is 3.04. The fourth-order valence-corrected chi connectivity index (χ4v) is 2.74. The molecule has 0 spiro atoms. The van der Waals surface area contributed by atoms with E-state index in [0.29, 0.717) is 6.04 Å². The monoisotopic (exact) mass is 293 g/mol. The molecule has 0 fully saturated rings. The van der Waals surface area contributed by atoms with Crippen LogP contribution >= 0.6 is 0 Å². The fraction of sp³-hybridized carbons (Fsp3) is 0.765. The number of hydrogen-bond donors (Lipinski definition) is 1. The number of nitrogens with one attached hydrogen (secondary N) is 1. The van der Waals surface area contributed by atoms with E-state index in [-0.39, 0.29) is 5.60 Å². The van der Waals surface area contributed by atoms with E-state index in [4.69, 9.17) is 14.7 Å². The Morgan fingerprint density at radius 3 is 2.00 bits per heavy atom. The Morgan fingerprint density at radius 2 is 1.62 bits per heavy atom. The largest absolute Gasteiger partial charge is 0.370 e. The second-order valence-electron chi connectivity index (χ2n) is 5.96. The van der Waals surface area contributed by atoms with Crippen molar-refractivity contribution in [2.75, 3.05) is 13.7 Å². The standard InChI is InChI=1S/C17H31N3O/c1-8-17(9-2,21-7)16-19-13(5)15(14(6)20-16)10-11-18-12(3)4/h12,18H,8-11H2,1-7H3. The van der Waals surface area contributed by atoms with E-state index in [2.05, 4.69) is 46.9 Å². The zero-order valence-electron chi connectivity index (χ0n) is 14.7. The summed E-state index contributed by atoms with van der Waals surface area (Å²) in [6.45, 7) is 13.7. The second kappa shape index (κ2) is 7.85. The maximum atomic E-state index is 5.75. The van der Waals surface area contributed by atoms with Crippen LogP contribution in [0.3, 0.4) is 0 Å². The summed E-state index contributed by atoms with van der Waals surface area (Å²) in [6.07, 6.45) is 2.73. The van der Waals surface area contributed by atoms with Gasteiger partial charge in [0.25, 0.3) is 0 Å². The van der Waals surface area contributed by atoms with Crippen LogP contribution in [0.1, 0.15) is 63.3 Å². The Labute approximate surface area is 129 Å². The van der Waals surface area contributed by atoms with Gasteiger partial charge in [-0.2, -0.15) is 0 Å². The number of aromatic nitrogens is 2. The van der Waals surface area contributed by atoms with E-state index in [1.54, 1.807) is 7.11 Å². The van der Waals surface area contributed by atoms with Crippen molar-refractivity contribution in [3.8, 4) is 0 Å². The van der Waals surface area contributed by atoms with Crippen molar-refractivity contribution >= 4 is 0 Å². The highest BCUT2D eigenvalue weighted by atomic mass is 16.5. The fourth-order valence-electron chi connectivity index (χ4n) is 2.74. The Bertz CT molecular complexity index is 422. The molecule has 0 amide bonds. The normalized spacial score (nSPS) is 12.2. The van der Waals surface area contributed by atoms with Crippen LogP contribution in [0.5, 0.6) is 0 Å². The van der Waals surface area contributed by atoms with Crippen LogP contribution in [0.2, 0.25) is 0 Å². The predicted octanol–water partition coefficient (Wildman–Crippen LogP) is 3.30. The maximum absolute atomic E-state index is 5.75. The lowest BCUT2D eigenvalue weighted by atomic mass is 9.95. The molecular weight excluding hydrogens is 262 g/mol. The van der Waals surface area contributed by atoms with Gasteiger partial charge >= 0.3 is 0 Å². The molecule has 0 aliphatic heterocycles. The highest BCUT2D eigenvalue weighted by molar-refractivity contribution is 5.26. The van der Waals surface area contributed by atoms with Crippen LogP contribution in [0, 0.1) is 13.8 Å². The highest BCUT2D eigenvalue weighted by Gasteiger charge is 2.32. The molecule has 0 radical (unpaired) electrons. The average Bonchev–Trinajstić information content (AvgIpc) is 2.44. The minimum Gasteiger partial charge on any atom is -0.370 e. The predicted molar refractivity (Wildman–Crippen MR) is 87.6 cm³/mol. The molecule has 1 aromatic rings. The zero-order chi connectivity index (χ0) is 16.0. The lowest BCUT2D eigenvalue weighted by Gasteiger charge is -2.29. The average molecular weight is 293 g/mol. The number of nitrogens with zero attached hydrogens (tertiary/aromatic N) is 2. The van der Waals surface area contributed by atoms with Crippen LogP contribution in [0.4, 0.5) is 0 Å². The third kappa shape index (κ3) is 4.24. The van der Waals surface area contributed by atoms with Crippen molar-refractivity contribution in [2.24, 2.45) is 0 Å². The van der Waals surface area contributed by atoms with Crippen molar-refractivity contribution in [2.45, 2.75) is 72.4 Å². The SMILES string of the molecule is CCC(CC)(OC)c1nc(C)c(CCNC(C)C)c(C)n1. The molecule has 1 N–H and O–H groups in total. The number of rotatable bonds is 8. The quantitative estimate of drug-likeness (QED) is 0.799. The van der Waals surface area contributed by atoms with Gasteiger partial charge in [0.1, 0.15) is 5.60 Å². The molecule has 0 saturated heterocycles. The molecule has 4 heteroatoms. The molecule has 1 heterocycles. The van der Waals surface area contributed by atoms with E-state index in [9.17, 15) is 0 Å². The minimum absolute atomic E-state index is 0.357. The van der Waals surface area contributed by atoms with E-state index in [1.807, 2.05) is 0 Å². The zero-order valence-corrected chi connectivity index (χ0v) is 14.7. The first-order chi connectivity index (χ1) is 9.90. The van der Waals surface area contributed by atoms with Gasteiger partial charge in [-0.25, -0.2) is 9.97 Å². The highest BCUT2D eigenvalue weighted by Crippen LogP contribution is 2.30. The molecule has 1 rings (SSSR count). The van der Waals surface area contributed by atoms with Crippen molar-refractivity contribution in [3.63, 3.8) is 0 Å². The molecule has 0 aliphatic carbocycles. The van der Waals surface area contributed by atoms with Gasteiger partial charge in [-0.15, -0.1) is 0 Å². The van der Waals surface area contributed by atoms with Crippen molar-refractivity contribution in [3.05, 3.63) is 22.8 Å². The van der Waals surface area contributed by atoms with Crippen LogP contribution in [-0.2, 0) is 16.8 Å². The molecule has 4 nitrogen and oxygen atoms in total. The van der Waals surface area contributed by atoms with Crippen molar-refractivity contribution < 1.29 is 4.74 Å². The summed E-state index contributed by atoms with van der Waals surface area (Å²) >= 11 is 0. The summed E-state index contributed by atoms with van der Waals surface area (Å²) in [7, 11) is 1.75. The first-order valence-corrected chi connectivity index (χ1v) is 8.03. The Hall–Kier alpha value is -1.00. The molecule has 0 unspecified atom stereocenters. The van der Waals surface area contributed by atoms with E-state index in [1.165, 1.54) is 5.56 Å². The third-order valence-electron chi connectivity index (χ3n) is 4.29. The van der Waals surface area contributed by atoms with Crippen molar-refractivity contribution in [1.82, 2.24) is 15.3 Å². The first kappa shape index (κ1) is 18.1. The van der Waals surface area contributed by atoms with Crippen LogP contribution < -0.4 is 5.32 Å². The first-order valence-electron chi connectivity index (χ1n) is 8.03. The van der Waals surface area contributed by atoms with E-state index < -0.39 is 0 Å². The molecule has 0 bridgehead atoms. The van der Waals surface area contributed by atoms with E-state index in [0.717, 1.165) is 43.0 Å². The van der Waals surface area contributed by atoms with Gasteiger partial charge in [0.2, 0.25) is 0 Å². The molecule has 120 valence electrons. The topological polar surface area (TPSA) is 47.0 Å². The van der Waals surface area contributed by atoms with Gasteiger partial charge < -0.3 is 10.1 Å². The lowest BCUT2D eigenvalue weighted by molar-refractivity contribution is -0.0294. The van der Waals surface area contributed by atoms with Gasteiger partial charge in [0.05, 0.1) is 0 Å². The number of methoxy groups -OCH3 is 1. The molecule has 0 saturated carbocycles. The molecule has 0 aromatic carbocycles. The maximum Gasteiger partial charge on any atom is 0.160 e. The molecule has 1 aromatic heterocycles.